The van der Waals surface area contributed by atoms with Crippen molar-refractivity contribution < 1.29 is 0 Å². The molecule has 2 heterocycles. The van der Waals surface area contributed by atoms with Gasteiger partial charge in [-0.05, 0) is 71.9 Å². The summed E-state index contributed by atoms with van der Waals surface area (Å²) in [7, 11) is 0. The molecule has 3 nitrogen and oxygen atoms in total. The van der Waals surface area contributed by atoms with E-state index < -0.39 is 0 Å². The zero-order valence-electron chi connectivity index (χ0n) is 17.7. The molecule has 0 amide bonds. The third kappa shape index (κ3) is 5.71. The van der Waals surface area contributed by atoms with Crippen LogP contribution in [-0.4, -0.2) is 71.6 Å². The highest BCUT2D eigenvalue weighted by Gasteiger charge is 2.34. The number of piperidine rings is 1. The molecule has 0 aromatic carbocycles. The van der Waals surface area contributed by atoms with Crippen molar-refractivity contribution >= 4 is 0 Å². The largest absolute Gasteiger partial charge is 0.300 e. The van der Waals surface area contributed by atoms with E-state index in [4.69, 9.17) is 0 Å². The molecule has 2 aliphatic heterocycles. The third-order valence-corrected chi connectivity index (χ3v) is 5.91. The normalized spacial score (nSPS) is 30.0. The van der Waals surface area contributed by atoms with Crippen molar-refractivity contribution in [3.05, 3.63) is 0 Å². The molecule has 3 heteroatoms. The lowest BCUT2D eigenvalue weighted by molar-refractivity contribution is 0.00124. The maximum atomic E-state index is 2.80. The molecule has 0 saturated carbocycles. The summed E-state index contributed by atoms with van der Waals surface area (Å²) < 4.78 is 0. The van der Waals surface area contributed by atoms with E-state index in [2.05, 4.69) is 70.1 Å². The van der Waals surface area contributed by atoms with Gasteiger partial charge in [0.15, 0.2) is 0 Å². The van der Waals surface area contributed by atoms with Crippen molar-refractivity contribution in [2.45, 2.75) is 85.9 Å². The molecule has 2 aliphatic rings. The Balaban J connectivity index is 1.84. The second-order valence-electron chi connectivity index (χ2n) is 10.8. The summed E-state index contributed by atoms with van der Waals surface area (Å²) in [5.74, 6) is 0.891. The predicted molar refractivity (Wildman–Crippen MR) is 106 cm³/mol. The van der Waals surface area contributed by atoms with Crippen LogP contribution in [0.1, 0.15) is 68.2 Å². The molecular weight excluding hydrogens is 294 g/mol. The van der Waals surface area contributed by atoms with E-state index in [0.29, 0.717) is 23.0 Å². The van der Waals surface area contributed by atoms with E-state index in [1.165, 1.54) is 52.1 Å². The lowest BCUT2D eigenvalue weighted by Crippen LogP contribution is -2.59. The topological polar surface area (TPSA) is 9.72 Å². The minimum atomic E-state index is 0.337. The van der Waals surface area contributed by atoms with Crippen LogP contribution < -0.4 is 0 Å². The molecule has 2 atom stereocenters. The van der Waals surface area contributed by atoms with Crippen LogP contribution in [-0.2, 0) is 0 Å². The SMILES string of the molecule is C[C@H]1CN(CC(C)(C)C)C[C@H](C)N1CC1CCN(C(C)(C)C)CC1. The summed E-state index contributed by atoms with van der Waals surface area (Å²) in [5.41, 5.74) is 0.742. The van der Waals surface area contributed by atoms with Crippen molar-refractivity contribution in [3.8, 4) is 0 Å². The Bertz CT molecular complexity index is 373. The van der Waals surface area contributed by atoms with Gasteiger partial charge < -0.3 is 0 Å². The summed E-state index contributed by atoms with van der Waals surface area (Å²) in [5, 5.41) is 0. The van der Waals surface area contributed by atoms with Crippen LogP contribution in [0, 0.1) is 11.3 Å². The molecule has 0 N–H and O–H groups in total. The highest BCUT2D eigenvalue weighted by atomic mass is 15.3. The maximum absolute atomic E-state index is 2.80. The number of rotatable bonds is 3. The third-order valence-electron chi connectivity index (χ3n) is 5.91. The van der Waals surface area contributed by atoms with E-state index >= 15 is 0 Å². The summed E-state index contributed by atoms with van der Waals surface area (Å²) in [6.45, 7) is 26.6. The van der Waals surface area contributed by atoms with Gasteiger partial charge in [-0.1, -0.05) is 20.8 Å². The molecule has 2 saturated heterocycles. The summed E-state index contributed by atoms with van der Waals surface area (Å²) >= 11 is 0. The van der Waals surface area contributed by atoms with Crippen molar-refractivity contribution in [1.29, 1.82) is 0 Å². The van der Waals surface area contributed by atoms with Crippen LogP contribution in [0.4, 0.5) is 0 Å². The smallest absolute Gasteiger partial charge is 0.0198 e. The number of hydrogen-bond donors (Lipinski definition) is 0. The molecule has 0 spiro atoms. The van der Waals surface area contributed by atoms with Crippen LogP contribution in [0.25, 0.3) is 0 Å². The van der Waals surface area contributed by atoms with Crippen LogP contribution >= 0.6 is 0 Å². The highest BCUT2D eigenvalue weighted by molar-refractivity contribution is 4.89. The van der Waals surface area contributed by atoms with Gasteiger partial charge in [0.1, 0.15) is 0 Å². The van der Waals surface area contributed by atoms with Crippen LogP contribution in [0.15, 0.2) is 0 Å². The minimum absolute atomic E-state index is 0.337. The summed E-state index contributed by atoms with van der Waals surface area (Å²) in [6, 6.07) is 1.38. The van der Waals surface area contributed by atoms with Gasteiger partial charge in [-0.2, -0.15) is 0 Å². The van der Waals surface area contributed by atoms with E-state index in [1.54, 1.807) is 0 Å². The molecule has 2 fully saturated rings. The van der Waals surface area contributed by atoms with Gasteiger partial charge in [0.25, 0.3) is 0 Å². The Morgan fingerprint density at radius 1 is 0.833 bits per heavy atom. The molecule has 0 aromatic rings. The fourth-order valence-corrected chi connectivity index (χ4v) is 4.71. The van der Waals surface area contributed by atoms with Crippen molar-refractivity contribution in [3.63, 3.8) is 0 Å². The number of likely N-dealkylation sites (tertiary alicyclic amines) is 1. The van der Waals surface area contributed by atoms with Crippen molar-refractivity contribution in [2.24, 2.45) is 11.3 Å². The van der Waals surface area contributed by atoms with E-state index in [1.807, 2.05) is 0 Å². The standard InChI is InChI=1S/C21H43N3/c1-17-13-22(16-20(3,4)5)14-18(2)24(17)15-19-9-11-23(12-10-19)21(6,7)8/h17-19H,9-16H2,1-8H3/t17-,18-/m0/s1. The molecule has 24 heavy (non-hydrogen) atoms. The quantitative estimate of drug-likeness (QED) is 0.772. The first-order chi connectivity index (χ1) is 11.0. The maximum Gasteiger partial charge on any atom is 0.0198 e. The van der Waals surface area contributed by atoms with E-state index in [0.717, 1.165) is 5.92 Å². The highest BCUT2D eigenvalue weighted by Crippen LogP contribution is 2.27. The Morgan fingerprint density at radius 2 is 1.33 bits per heavy atom. The molecule has 2 rings (SSSR count). The van der Waals surface area contributed by atoms with Crippen LogP contribution in [0.5, 0.6) is 0 Å². The monoisotopic (exact) mass is 337 g/mol. The first kappa shape index (κ1) is 20.2. The van der Waals surface area contributed by atoms with E-state index in [9.17, 15) is 0 Å². The van der Waals surface area contributed by atoms with E-state index in [-0.39, 0.29) is 0 Å². The fourth-order valence-electron chi connectivity index (χ4n) is 4.71. The molecule has 0 radical (unpaired) electrons. The van der Waals surface area contributed by atoms with Crippen molar-refractivity contribution in [1.82, 2.24) is 14.7 Å². The first-order valence-corrected chi connectivity index (χ1v) is 10.2. The second-order valence-corrected chi connectivity index (χ2v) is 10.8. The Hall–Kier alpha value is -0.120. The lowest BCUT2D eigenvalue weighted by Gasteiger charge is -2.48. The zero-order valence-corrected chi connectivity index (χ0v) is 17.7. The molecule has 142 valence electrons. The number of piperazine rings is 1. The second kappa shape index (κ2) is 7.63. The summed E-state index contributed by atoms with van der Waals surface area (Å²) in [6.07, 6.45) is 2.75. The van der Waals surface area contributed by atoms with Crippen LogP contribution in [0.3, 0.4) is 0 Å². The van der Waals surface area contributed by atoms with Gasteiger partial charge >= 0.3 is 0 Å². The lowest BCUT2D eigenvalue weighted by atomic mass is 9.91. The molecule has 0 bridgehead atoms. The number of hydrogen-bond acceptors (Lipinski definition) is 3. The average Bonchev–Trinajstić information content (AvgIpc) is 2.40. The van der Waals surface area contributed by atoms with Gasteiger partial charge in [0.2, 0.25) is 0 Å². The molecule has 0 unspecified atom stereocenters. The Labute approximate surface area is 151 Å². The average molecular weight is 338 g/mol. The van der Waals surface area contributed by atoms with Gasteiger partial charge in [0.05, 0.1) is 0 Å². The fraction of sp³-hybridized carbons (Fsp3) is 1.00. The van der Waals surface area contributed by atoms with Gasteiger partial charge in [-0.3, -0.25) is 14.7 Å². The predicted octanol–water partition coefficient (Wildman–Crippen LogP) is 3.94. The van der Waals surface area contributed by atoms with Gasteiger partial charge in [0, 0.05) is 43.8 Å². The Morgan fingerprint density at radius 3 is 1.75 bits per heavy atom. The molecule has 0 aromatic heterocycles. The number of nitrogens with zero attached hydrogens (tertiary/aromatic N) is 3. The van der Waals surface area contributed by atoms with Gasteiger partial charge in [-0.25, -0.2) is 0 Å². The van der Waals surface area contributed by atoms with Crippen molar-refractivity contribution in [2.75, 3.05) is 39.3 Å². The van der Waals surface area contributed by atoms with Crippen LogP contribution in [0.2, 0.25) is 0 Å². The first-order valence-electron chi connectivity index (χ1n) is 10.2. The Kier molecular flexibility index (Phi) is 6.42. The summed E-state index contributed by atoms with van der Waals surface area (Å²) in [4.78, 5) is 8.16. The zero-order chi connectivity index (χ0) is 18.1. The molecule has 0 aliphatic carbocycles. The van der Waals surface area contributed by atoms with Gasteiger partial charge in [-0.15, -0.1) is 0 Å². The minimum Gasteiger partial charge on any atom is -0.300 e. The molecular formula is C21H43N3.